The van der Waals surface area contributed by atoms with Gasteiger partial charge in [-0.05, 0) is 25.2 Å². The molecule has 1 atom stereocenters. The van der Waals surface area contributed by atoms with Crippen LogP contribution in [0.2, 0.25) is 0 Å². The molecule has 0 rings (SSSR count). The van der Waals surface area contributed by atoms with Gasteiger partial charge in [-0.3, -0.25) is 14.4 Å². The van der Waals surface area contributed by atoms with Crippen LogP contribution in [0.1, 0.15) is 265 Å². The molecule has 0 bridgehead atoms. The number of carbonyl (C=O) groups excluding carboxylic acids is 3. The summed E-state index contributed by atoms with van der Waals surface area (Å²) in [7, 11) is 0. The summed E-state index contributed by atoms with van der Waals surface area (Å²) < 4.78 is 16.7. The minimum atomic E-state index is -0.758. The fourth-order valence-electron chi connectivity index (χ4n) is 7.16. The lowest BCUT2D eigenvalue weighted by atomic mass is 10.0. The van der Waals surface area contributed by atoms with Gasteiger partial charge >= 0.3 is 17.9 Å². The van der Waals surface area contributed by atoms with Gasteiger partial charge in [-0.2, -0.15) is 0 Å². The van der Waals surface area contributed by atoms with E-state index in [2.05, 4.69) is 27.7 Å². The zero-order chi connectivity index (χ0) is 39.6. The Morgan fingerprint density at radius 1 is 0.352 bits per heavy atom. The van der Waals surface area contributed by atoms with Gasteiger partial charge in [-0.1, -0.05) is 227 Å². The van der Waals surface area contributed by atoms with Crippen LogP contribution in [-0.4, -0.2) is 37.2 Å². The Hall–Kier alpha value is -1.59. The van der Waals surface area contributed by atoms with Crippen LogP contribution < -0.4 is 0 Å². The molecular formula is C48H92O6. The second kappa shape index (κ2) is 42.6. The van der Waals surface area contributed by atoms with E-state index in [9.17, 15) is 14.4 Å². The monoisotopic (exact) mass is 765 g/mol. The van der Waals surface area contributed by atoms with Crippen LogP contribution in [0.3, 0.4) is 0 Å². The summed E-state index contributed by atoms with van der Waals surface area (Å²) in [5.41, 5.74) is 0. The Morgan fingerprint density at radius 3 is 0.907 bits per heavy atom. The number of hydrogen-bond acceptors (Lipinski definition) is 6. The van der Waals surface area contributed by atoms with E-state index >= 15 is 0 Å². The number of esters is 3. The molecule has 54 heavy (non-hydrogen) atoms. The summed E-state index contributed by atoms with van der Waals surface area (Å²) in [6.45, 7) is 8.97. The molecule has 0 radical (unpaired) electrons. The molecule has 0 aromatic heterocycles. The topological polar surface area (TPSA) is 78.9 Å². The standard InChI is InChI=1S/C48H92O6/c1-5-7-9-11-13-14-15-16-17-18-21-24-28-31-35-39-46(49)52-42-45(54-48(51)41-37-33-26-12-10-8-6-2)43-53-47(50)40-36-32-29-25-22-19-20-23-27-30-34-38-44(3)4/h44-45H,5-43H2,1-4H3/t45-/m0/s1. The SMILES string of the molecule is CCCCCCCCCCCCCCCCCC(=O)OC[C@@H](COC(=O)CCCCCCCCCCCCCC(C)C)OC(=O)CCCCCCCCC. The van der Waals surface area contributed by atoms with Crippen molar-refractivity contribution < 1.29 is 28.6 Å². The molecule has 0 aliphatic heterocycles. The maximum atomic E-state index is 12.6. The summed E-state index contributed by atoms with van der Waals surface area (Å²) in [6, 6.07) is 0. The van der Waals surface area contributed by atoms with E-state index in [1.807, 2.05) is 0 Å². The van der Waals surface area contributed by atoms with Gasteiger partial charge < -0.3 is 14.2 Å². The van der Waals surface area contributed by atoms with Crippen molar-refractivity contribution in [3.8, 4) is 0 Å². The molecule has 0 aromatic rings. The molecule has 0 N–H and O–H groups in total. The third-order valence-corrected chi connectivity index (χ3v) is 10.8. The fraction of sp³-hybridized carbons (Fsp3) is 0.938. The summed E-state index contributed by atoms with van der Waals surface area (Å²) >= 11 is 0. The van der Waals surface area contributed by atoms with Crippen molar-refractivity contribution in [3.63, 3.8) is 0 Å². The summed E-state index contributed by atoms with van der Waals surface area (Å²) in [6.07, 6.45) is 42.4. The highest BCUT2D eigenvalue weighted by Gasteiger charge is 2.19. The first-order chi connectivity index (χ1) is 26.4. The second-order valence-electron chi connectivity index (χ2n) is 16.9. The van der Waals surface area contributed by atoms with Gasteiger partial charge in [-0.15, -0.1) is 0 Å². The van der Waals surface area contributed by atoms with Gasteiger partial charge in [0.15, 0.2) is 6.10 Å². The van der Waals surface area contributed by atoms with Crippen LogP contribution in [-0.2, 0) is 28.6 Å². The number of rotatable bonds is 43. The van der Waals surface area contributed by atoms with Crippen molar-refractivity contribution in [1.82, 2.24) is 0 Å². The Balaban J connectivity index is 4.20. The van der Waals surface area contributed by atoms with Gasteiger partial charge in [0.25, 0.3) is 0 Å². The molecule has 0 saturated heterocycles. The van der Waals surface area contributed by atoms with E-state index in [0.717, 1.165) is 63.7 Å². The predicted molar refractivity (Wildman–Crippen MR) is 229 cm³/mol. The van der Waals surface area contributed by atoms with Gasteiger partial charge in [0.1, 0.15) is 13.2 Å². The first kappa shape index (κ1) is 52.4. The molecule has 0 aliphatic carbocycles. The largest absolute Gasteiger partial charge is 0.462 e. The van der Waals surface area contributed by atoms with Crippen LogP contribution in [0.25, 0.3) is 0 Å². The number of ether oxygens (including phenoxy) is 3. The van der Waals surface area contributed by atoms with E-state index in [1.165, 1.54) is 161 Å². The highest BCUT2D eigenvalue weighted by atomic mass is 16.6. The number of hydrogen-bond donors (Lipinski definition) is 0. The Kier molecular flexibility index (Phi) is 41.3. The Morgan fingerprint density at radius 2 is 0.611 bits per heavy atom. The van der Waals surface area contributed by atoms with Gasteiger partial charge in [0.05, 0.1) is 0 Å². The first-order valence-corrected chi connectivity index (χ1v) is 23.9. The third kappa shape index (κ3) is 41.6. The van der Waals surface area contributed by atoms with Gasteiger partial charge in [0, 0.05) is 19.3 Å². The van der Waals surface area contributed by atoms with Crippen molar-refractivity contribution in [3.05, 3.63) is 0 Å². The average molecular weight is 765 g/mol. The lowest BCUT2D eigenvalue weighted by Gasteiger charge is -2.18. The van der Waals surface area contributed by atoms with E-state index < -0.39 is 6.10 Å². The smallest absolute Gasteiger partial charge is 0.306 e. The molecule has 0 amide bonds. The maximum Gasteiger partial charge on any atom is 0.306 e. The molecule has 0 aliphatic rings. The Bertz CT molecular complexity index is 811. The van der Waals surface area contributed by atoms with Crippen LogP contribution >= 0.6 is 0 Å². The molecular weight excluding hydrogens is 673 g/mol. The minimum Gasteiger partial charge on any atom is -0.462 e. The van der Waals surface area contributed by atoms with Crippen molar-refractivity contribution in [1.29, 1.82) is 0 Å². The third-order valence-electron chi connectivity index (χ3n) is 10.8. The normalized spacial score (nSPS) is 11.9. The van der Waals surface area contributed by atoms with Gasteiger partial charge in [0.2, 0.25) is 0 Å². The van der Waals surface area contributed by atoms with E-state index in [4.69, 9.17) is 14.2 Å². The van der Waals surface area contributed by atoms with Crippen LogP contribution in [0.5, 0.6) is 0 Å². The van der Waals surface area contributed by atoms with E-state index in [-0.39, 0.29) is 31.1 Å². The van der Waals surface area contributed by atoms with Crippen LogP contribution in [0.15, 0.2) is 0 Å². The lowest BCUT2D eigenvalue weighted by Crippen LogP contribution is -2.30. The molecule has 0 spiro atoms. The van der Waals surface area contributed by atoms with Crippen molar-refractivity contribution in [2.45, 2.75) is 271 Å². The van der Waals surface area contributed by atoms with Crippen LogP contribution in [0.4, 0.5) is 0 Å². The number of unbranched alkanes of at least 4 members (excludes halogenated alkanes) is 30. The molecule has 0 unspecified atom stereocenters. The zero-order valence-electron chi connectivity index (χ0n) is 36.7. The van der Waals surface area contributed by atoms with Crippen LogP contribution in [0, 0.1) is 5.92 Å². The molecule has 320 valence electrons. The van der Waals surface area contributed by atoms with Gasteiger partial charge in [-0.25, -0.2) is 0 Å². The summed E-state index contributed by atoms with van der Waals surface area (Å²) in [4.78, 5) is 37.6. The highest BCUT2D eigenvalue weighted by molar-refractivity contribution is 5.71. The van der Waals surface area contributed by atoms with E-state index in [1.54, 1.807) is 0 Å². The summed E-state index contributed by atoms with van der Waals surface area (Å²) in [5, 5.41) is 0. The molecule has 6 heteroatoms. The summed E-state index contributed by atoms with van der Waals surface area (Å²) in [5.74, 6) is -0.0303. The van der Waals surface area contributed by atoms with Crippen molar-refractivity contribution >= 4 is 17.9 Å². The number of carbonyl (C=O) groups is 3. The quantitative estimate of drug-likeness (QED) is 0.0349. The molecule has 0 heterocycles. The Labute approximate surface area is 336 Å². The predicted octanol–water partition coefficient (Wildman–Crippen LogP) is 15.1. The van der Waals surface area contributed by atoms with Crippen molar-refractivity contribution in [2.24, 2.45) is 5.92 Å². The maximum absolute atomic E-state index is 12.6. The molecule has 0 aromatic carbocycles. The lowest BCUT2D eigenvalue weighted by molar-refractivity contribution is -0.167. The minimum absolute atomic E-state index is 0.0639. The molecule has 0 saturated carbocycles. The van der Waals surface area contributed by atoms with Crippen molar-refractivity contribution in [2.75, 3.05) is 13.2 Å². The fourth-order valence-corrected chi connectivity index (χ4v) is 7.16. The van der Waals surface area contributed by atoms with E-state index in [0.29, 0.717) is 19.3 Å². The average Bonchev–Trinajstić information content (AvgIpc) is 3.15. The second-order valence-corrected chi connectivity index (χ2v) is 16.9. The molecule has 6 nitrogen and oxygen atoms in total. The highest BCUT2D eigenvalue weighted by Crippen LogP contribution is 2.16. The zero-order valence-corrected chi connectivity index (χ0v) is 36.7. The first-order valence-electron chi connectivity index (χ1n) is 23.9. The molecule has 0 fully saturated rings.